The van der Waals surface area contributed by atoms with E-state index in [-0.39, 0.29) is 11.3 Å². The number of hydrogen-bond donors (Lipinski definition) is 3. The van der Waals surface area contributed by atoms with Gasteiger partial charge in [-0.25, -0.2) is 5.84 Å². The minimum absolute atomic E-state index is 0.174. The summed E-state index contributed by atoms with van der Waals surface area (Å²) in [6.07, 6.45) is 0. The number of anilines is 2. The van der Waals surface area contributed by atoms with Crippen LogP contribution in [0.5, 0.6) is 0 Å². The summed E-state index contributed by atoms with van der Waals surface area (Å²) < 4.78 is 0. The molecule has 0 spiro atoms. The van der Waals surface area contributed by atoms with E-state index in [9.17, 15) is 25.0 Å². The number of carbonyl (C=O) groups excluding carboxylic acids is 1. The summed E-state index contributed by atoms with van der Waals surface area (Å²) >= 11 is 0. The second kappa shape index (κ2) is 6.93. The maximum Gasteiger partial charge on any atom is 0.300 e. The van der Waals surface area contributed by atoms with Gasteiger partial charge in [0.05, 0.1) is 21.5 Å². The molecular weight excluding hydrogens is 330 g/mol. The second-order valence-corrected chi connectivity index (χ2v) is 5.32. The van der Waals surface area contributed by atoms with Crippen LogP contribution in [0.2, 0.25) is 0 Å². The number of nitrogens with zero attached hydrogens (tertiary/aromatic N) is 2. The highest BCUT2D eigenvalue weighted by Crippen LogP contribution is 2.36. The maximum absolute atomic E-state index is 12.0. The number of nitrogen functional groups attached to an aromatic ring is 1. The molecule has 0 saturated heterocycles. The van der Waals surface area contributed by atoms with Crippen LogP contribution < -0.4 is 16.6 Å². The molecule has 0 aliphatic heterocycles. The summed E-state index contributed by atoms with van der Waals surface area (Å²) in [6.45, 7) is 3.62. The van der Waals surface area contributed by atoms with Gasteiger partial charge in [-0.2, -0.15) is 0 Å². The van der Waals surface area contributed by atoms with Gasteiger partial charge in [0, 0.05) is 11.8 Å². The molecule has 0 fully saturated rings. The average Bonchev–Trinajstić information content (AvgIpc) is 2.56. The number of hydrazine groups is 1. The summed E-state index contributed by atoms with van der Waals surface area (Å²) in [5.74, 6) is 4.22. The minimum atomic E-state index is -0.889. The molecule has 0 radical (unpaired) electrons. The van der Waals surface area contributed by atoms with E-state index in [4.69, 9.17) is 5.84 Å². The fraction of sp³-hybridized carbons (Fsp3) is 0.133. The van der Waals surface area contributed by atoms with Crippen molar-refractivity contribution in [1.82, 2.24) is 5.43 Å². The van der Waals surface area contributed by atoms with Crippen LogP contribution in [0, 0.1) is 34.1 Å². The van der Waals surface area contributed by atoms with E-state index in [2.05, 4.69) is 5.32 Å². The van der Waals surface area contributed by atoms with Crippen LogP contribution in [0.25, 0.3) is 0 Å². The Kier molecular flexibility index (Phi) is 4.94. The van der Waals surface area contributed by atoms with E-state index in [0.29, 0.717) is 5.69 Å². The Bertz CT molecular complexity index is 881. The third-order valence-electron chi connectivity index (χ3n) is 3.54. The van der Waals surface area contributed by atoms with Gasteiger partial charge in [0.25, 0.3) is 17.3 Å². The zero-order valence-corrected chi connectivity index (χ0v) is 13.4. The fourth-order valence-corrected chi connectivity index (χ4v) is 2.25. The van der Waals surface area contributed by atoms with Crippen molar-refractivity contribution < 1.29 is 14.6 Å². The first kappa shape index (κ1) is 17.8. The molecular formula is C15H15N5O5. The van der Waals surface area contributed by atoms with Gasteiger partial charge in [-0.1, -0.05) is 12.1 Å². The molecule has 4 N–H and O–H groups in total. The Balaban J connectivity index is 2.72. The van der Waals surface area contributed by atoms with Crippen molar-refractivity contribution in [3.8, 4) is 0 Å². The number of non-ortho nitro benzene ring substituents is 1. The molecule has 130 valence electrons. The predicted molar refractivity (Wildman–Crippen MR) is 90.6 cm³/mol. The van der Waals surface area contributed by atoms with Crippen molar-refractivity contribution in [3.63, 3.8) is 0 Å². The molecule has 0 saturated carbocycles. The highest BCUT2D eigenvalue weighted by atomic mass is 16.6. The quantitative estimate of drug-likeness (QED) is 0.325. The average molecular weight is 345 g/mol. The van der Waals surface area contributed by atoms with Gasteiger partial charge in [-0.15, -0.1) is 0 Å². The Hall–Kier alpha value is -3.53. The molecule has 0 aliphatic carbocycles. The van der Waals surface area contributed by atoms with Gasteiger partial charge in [0.15, 0.2) is 0 Å². The predicted octanol–water partition coefficient (Wildman–Crippen LogP) is 2.47. The number of benzene rings is 2. The molecule has 0 bridgehead atoms. The van der Waals surface area contributed by atoms with Gasteiger partial charge < -0.3 is 5.32 Å². The molecule has 0 aliphatic rings. The first-order valence-corrected chi connectivity index (χ1v) is 7.06. The lowest BCUT2D eigenvalue weighted by atomic mass is 10.1. The summed E-state index contributed by atoms with van der Waals surface area (Å²) in [7, 11) is 0. The highest BCUT2D eigenvalue weighted by molar-refractivity contribution is 6.03. The van der Waals surface area contributed by atoms with Gasteiger partial charge in [-0.05, 0) is 31.0 Å². The number of nitrogens with two attached hydrogens (primary N) is 1. The highest BCUT2D eigenvalue weighted by Gasteiger charge is 2.27. The molecule has 1 amide bonds. The van der Waals surface area contributed by atoms with E-state index in [1.54, 1.807) is 19.1 Å². The van der Waals surface area contributed by atoms with Gasteiger partial charge >= 0.3 is 0 Å². The normalized spacial score (nSPS) is 10.2. The van der Waals surface area contributed by atoms with Crippen LogP contribution in [0.15, 0.2) is 30.3 Å². The SMILES string of the molecule is Cc1ccc(C)c(Nc2c(C(=O)NN)cc([N+](=O)[O-])cc2[N+](=O)[O-])c1. The van der Waals surface area contributed by atoms with Gasteiger partial charge in [-0.3, -0.25) is 30.4 Å². The molecule has 0 atom stereocenters. The van der Waals surface area contributed by atoms with Crippen molar-refractivity contribution in [3.05, 3.63) is 67.3 Å². The first-order chi connectivity index (χ1) is 11.7. The standard InChI is InChI=1S/C15H15N5O5/c1-8-3-4-9(2)12(5-8)17-14-11(15(21)18-16)6-10(19(22)23)7-13(14)20(24)25/h3-7,17H,16H2,1-2H3,(H,18,21). The van der Waals surface area contributed by atoms with Crippen molar-refractivity contribution in [2.45, 2.75) is 13.8 Å². The molecule has 2 aromatic carbocycles. The monoisotopic (exact) mass is 345 g/mol. The number of nitro benzene ring substituents is 2. The topological polar surface area (TPSA) is 153 Å². The first-order valence-electron chi connectivity index (χ1n) is 7.06. The second-order valence-electron chi connectivity index (χ2n) is 5.32. The summed E-state index contributed by atoms with van der Waals surface area (Å²) in [5, 5.41) is 25.2. The Morgan fingerprint density at radius 2 is 1.76 bits per heavy atom. The lowest BCUT2D eigenvalue weighted by Gasteiger charge is -2.14. The number of hydrogen-bond acceptors (Lipinski definition) is 7. The Morgan fingerprint density at radius 3 is 2.32 bits per heavy atom. The molecule has 2 rings (SSSR count). The van der Waals surface area contributed by atoms with Crippen LogP contribution in [0.3, 0.4) is 0 Å². The molecule has 10 nitrogen and oxygen atoms in total. The fourth-order valence-electron chi connectivity index (χ4n) is 2.25. The molecule has 10 heteroatoms. The number of aryl methyl sites for hydroxylation is 2. The zero-order chi connectivity index (χ0) is 18.7. The van der Waals surface area contributed by atoms with Crippen LogP contribution in [0.4, 0.5) is 22.7 Å². The summed E-state index contributed by atoms with van der Waals surface area (Å²) in [5.41, 5.74) is 2.37. The van der Waals surface area contributed by atoms with E-state index in [0.717, 1.165) is 23.3 Å². The molecule has 0 unspecified atom stereocenters. The maximum atomic E-state index is 12.0. The van der Waals surface area contributed by atoms with Crippen molar-refractivity contribution in [1.29, 1.82) is 0 Å². The number of nitrogens with one attached hydrogen (secondary N) is 2. The molecule has 0 heterocycles. The summed E-state index contributed by atoms with van der Waals surface area (Å²) in [4.78, 5) is 32.8. The van der Waals surface area contributed by atoms with Crippen molar-refractivity contribution >= 4 is 28.7 Å². The third-order valence-corrected chi connectivity index (χ3v) is 3.54. The van der Waals surface area contributed by atoms with Crippen LogP contribution in [-0.4, -0.2) is 15.8 Å². The van der Waals surface area contributed by atoms with Crippen molar-refractivity contribution in [2.24, 2.45) is 5.84 Å². The Morgan fingerprint density at radius 1 is 1.08 bits per heavy atom. The van der Waals surface area contributed by atoms with E-state index in [1.807, 2.05) is 18.4 Å². The van der Waals surface area contributed by atoms with E-state index < -0.39 is 27.1 Å². The molecule has 0 aromatic heterocycles. The number of rotatable bonds is 5. The lowest BCUT2D eigenvalue weighted by molar-refractivity contribution is -0.393. The molecule has 2 aromatic rings. The van der Waals surface area contributed by atoms with E-state index >= 15 is 0 Å². The number of carbonyl (C=O) groups is 1. The van der Waals surface area contributed by atoms with Crippen LogP contribution >= 0.6 is 0 Å². The third kappa shape index (κ3) is 3.70. The van der Waals surface area contributed by atoms with E-state index in [1.165, 1.54) is 0 Å². The molecule has 25 heavy (non-hydrogen) atoms. The van der Waals surface area contributed by atoms with Crippen molar-refractivity contribution in [2.75, 3.05) is 5.32 Å². The summed E-state index contributed by atoms with van der Waals surface area (Å²) in [6, 6.07) is 7.13. The number of amides is 1. The minimum Gasteiger partial charge on any atom is -0.349 e. The zero-order valence-electron chi connectivity index (χ0n) is 13.4. The van der Waals surface area contributed by atoms with Crippen LogP contribution in [-0.2, 0) is 0 Å². The van der Waals surface area contributed by atoms with Crippen LogP contribution in [0.1, 0.15) is 21.5 Å². The largest absolute Gasteiger partial charge is 0.349 e. The van der Waals surface area contributed by atoms with Gasteiger partial charge in [0.1, 0.15) is 5.69 Å². The smallest absolute Gasteiger partial charge is 0.300 e. The lowest BCUT2D eigenvalue weighted by Crippen LogP contribution is -2.30. The van der Waals surface area contributed by atoms with Gasteiger partial charge in [0.2, 0.25) is 0 Å². The number of nitro groups is 2. The Labute approximate surface area is 141 Å².